The summed E-state index contributed by atoms with van der Waals surface area (Å²) in [4.78, 5) is 6.96. The zero-order chi connectivity index (χ0) is 16.7. The van der Waals surface area contributed by atoms with E-state index in [1.165, 1.54) is 6.07 Å². The molecule has 0 bridgehead atoms. The molecule has 1 aliphatic rings. The minimum absolute atomic E-state index is 0.114. The smallest absolute Gasteiger partial charge is 0.417 e. The molecule has 0 unspecified atom stereocenters. The maximum atomic E-state index is 13.2. The van der Waals surface area contributed by atoms with Crippen LogP contribution in [0.15, 0.2) is 36.7 Å². The highest BCUT2D eigenvalue weighted by Crippen LogP contribution is 2.37. The van der Waals surface area contributed by atoms with E-state index in [1.54, 1.807) is 24.5 Å². The van der Waals surface area contributed by atoms with Crippen LogP contribution in [0.2, 0.25) is 0 Å². The van der Waals surface area contributed by atoms with Gasteiger partial charge in [0.25, 0.3) is 5.88 Å². The molecule has 0 radical (unpaired) electrons. The zero-order valence-electron chi connectivity index (χ0n) is 12.3. The van der Waals surface area contributed by atoms with Crippen LogP contribution in [0.25, 0.3) is 10.9 Å². The van der Waals surface area contributed by atoms with Gasteiger partial charge in [0, 0.05) is 29.7 Å². The molecule has 1 aliphatic heterocycles. The van der Waals surface area contributed by atoms with E-state index < -0.39 is 11.7 Å². The number of nitrogens with zero attached hydrogens (tertiary/aromatic N) is 1. The summed E-state index contributed by atoms with van der Waals surface area (Å²) in [5.74, 6) is 0.918. The molecule has 3 aromatic rings. The number of hydrogen-bond donors (Lipinski definition) is 2. The lowest BCUT2D eigenvalue weighted by atomic mass is 10.1. The lowest BCUT2D eigenvalue weighted by Gasteiger charge is -2.11. The van der Waals surface area contributed by atoms with Crippen molar-refractivity contribution in [3.05, 3.63) is 47.8 Å². The topological polar surface area (TPSA) is 59.2 Å². The van der Waals surface area contributed by atoms with Crippen molar-refractivity contribution in [1.82, 2.24) is 9.97 Å². The SMILES string of the molecule is FC(F)(F)c1cccc2[nH]cc(CNc3cnc4c(c3)OCO4)c12. The fourth-order valence-corrected chi connectivity index (χ4v) is 2.72. The predicted molar refractivity (Wildman–Crippen MR) is 81.0 cm³/mol. The number of aromatic amines is 1. The van der Waals surface area contributed by atoms with Crippen molar-refractivity contribution in [2.45, 2.75) is 12.7 Å². The molecule has 0 atom stereocenters. The van der Waals surface area contributed by atoms with Gasteiger partial charge in [-0.3, -0.25) is 0 Å². The van der Waals surface area contributed by atoms with E-state index in [0.29, 0.717) is 28.4 Å². The summed E-state index contributed by atoms with van der Waals surface area (Å²) in [7, 11) is 0. The average molecular weight is 335 g/mol. The van der Waals surface area contributed by atoms with E-state index in [9.17, 15) is 13.2 Å². The van der Waals surface area contributed by atoms with Gasteiger partial charge in [0.1, 0.15) is 0 Å². The second-order valence-electron chi connectivity index (χ2n) is 5.33. The summed E-state index contributed by atoms with van der Waals surface area (Å²) in [5.41, 5.74) is 0.959. The number of anilines is 1. The molecule has 8 heteroatoms. The van der Waals surface area contributed by atoms with Gasteiger partial charge in [-0.05, 0) is 17.7 Å². The molecule has 24 heavy (non-hydrogen) atoms. The number of pyridine rings is 1. The standard InChI is InChI=1S/C16H12F3N3O2/c17-16(18,19)11-2-1-3-12-14(11)9(6-21-12)5-20-10-4-13-15(22-7-10)24-8-23-13/h1-4,6-7,20-21H,5,8H2. The Morgan fingerprint density at radius 1 is 1.25 bits per heavy atom. The quantitative estimate of drug-likeness (QED) is 0.762. The van der Waals surface area contributed by atoms with Gasteiger partial charge < -0.3 is 19.8 Å². The number of H-pyrrole nitrogens is 1. The molecule has 3 heterocycles. The number of nitrogens with one attached hydrogen (secondary N) is 2. The first kappa shape index (κ1) is 14.7. The minimum Gasteiger partial charge on any atom is -0.452 e. The number of rotatable bonds is 3. The van der Waals surface area contributed by atoms with Crippen LogP contribution in [0.3, 0.4) is 0 Å². The Morgan fingerprint density at radius 3 is 2.96 bits per heavy atom. The number of halogens is 3. The van der Waals surface area contributed by atoms with Gasteiger partial charge >= 0.3 is 6.18 Å². The maximum absolute atomic E-state index is 13.2. The Kier molecular flexibility index (Phi) is 3.26. The van der Waals surface area contributed by atoms with Gasteiger partial charge in [0.05, 0.1) is 17.4 Å². The van der Waals surface area contributed by atoms with Crippen LogP contribution in [0.4, 0.5) is 18.9 Å². The Bertz CT molecular complexity index is 905. The largest absolute Gasteiger partial charge is 0.452 e. The average Bonchev–Trinajstić information content (AvgIpc) is 3.17. The normalized spacial score (nSPS) is 13.5. The lowest BCUT2D eigenvalue weighted by molar-refractivity contribution is -0.136. The van der Waals surface area contributed by atoms with Crippen molar-refractivity contribution in [3.63, 3.8) is 0 Å². The Hall–Kier alpha value is -2.90. The maximum Gasteiger partial charge on any atom is 0.417 e. The summed E-state index contributed by atoms with van der Waals surface area (Å²) in [6.45, 7) is 0.331. The fourth-order valence-electron chi connectivity index (χ4n) is 2.72. The monoisotopic (exact) mass is 335 g/mol. The van der Waals surface area contributed by atoms with Crippen molar-refractivity contribution in [2.24, 2.45) is 0 Å². The number of fused-ring (bicyclic) bond motifs is 2. The first-order valence-electron chi connectivity index (χ1n) is 7.18. The van der Waals surface area contributed by atoms with Gasteiger partial charge in [0.15, 0.2) is 5.75 Å². The molecule has 0 saturated heterocycles. The Morgan fingerprint density at radius 2 is 2.12 bits per heavy atom. The molecule has 5 nitrogen and oxygen atoms in total. The van der Waals surface area contributed by atoms with Gasteiger partial charge in [-0.25, -0.2) is 4.98 Å². The number of hydrogen-bond acceptors (Lipinski definition) is 4. The highest BCUT2D eigenvalue weighted by molar-refractivity contribution is 5.87. The summed E-state index contributed by atoms with van der Waals surface area (Å²) >= 11 is 0. The van der Waals surface area contributed by atoms with Crippen LogP contribution in [-0.4, -0.2) is 16.8 Å². The van der Waals surface area contributed by atoms with E-state index in [-0.39, 0.29) is 18.7 Å². The van der Waals surface area contributed by atoms with Crippen LogP contribution >= 0.6 is 0 Å². The third-order valence-electron chi connectivity index (χ3n) is 3.80. The number of benzene rings is 1. The van der Waals surface area contributed by atoms with Gasteiger partial charge in [-0.1, -0.05) is 6.07 Å². The van der Waals surface area contributed by atoms with Crippen LogP contribution in [0, 0.1) is 0 Å². The second kappa shape index (κ2) is 5.33. The highest BCUT2D eigenvalue weighted by Gasteiger charge is 2.33. The van der Waals surface area contributed by atoms with E-state index in [0.717, 1.165) is 6.07 Å². The molecule has 2 aromatic heterocycles. The molecule has 0 aliphatic carbocycles. The first-order valence-corrected chi connectivity index (χ1v) is 7.18. The first-order chi connectivity index (χ1) is 11.5. The molecular weight excluding hydrogens is 323 g/mol. The summed E-state index contributed by atoms with van der Waals surface area (Å²) in [6, 6.07) is 5.80. The number of ether oxygens (including phenoxy) is 2. The van der Waals surface area contributed by atoms with Crippen LogP contribution in [0.5, 0.6) is 11.6 Å². The summed E-state index contributed by atoms with van der Waals surface area (Å²) in [5, 5.41) is 3.23. The van der Waals surface area contributed by atoms with Crippen molar-refractivity contribution in [2.75, 3.05) is 12.1 Å². The molecule has 0 spiro atoms. The van der Waals surface area contributed by atoms with Gasteiger partial charge in [-0.2, -0.15) is 13.2 Å². The minimum atomic E-state index is -4.41. The molecule has 0 amide bonds. The molecule has 2 N–H and O–H groups in total. The molecule has 124 valence electrons. The van der Waals surface area contributed by atoms with Crippen LogP contribution < -0.4 is 14.8 Å². The summed E-state index contributed by atoms with van der Waals surface area (Å²) in [6.07, 6.45) is -1.28. The summed E-state index contributed by atoms with van der Waals surface area (Å²) < 4.78 is 50.0. The van der Waals surface area contributed by atoms with E-state index >= 15 is 0 Å². The van der Waals surface area contributed by atoms with Crippen molar-refractivity contribution in [1.29, 1.82) is 0 Å². The third kappa shape index (κ3) is 2.49. The molecule has 0 fully saturated rings. The highest BCUT2D eigenvalue weighted by atomic mass is 19.4. The van der Waals surface area contributed by atoms with Crippen molar-refractivity contribution in [3.8, 4) is 11.6 Å². The molecule has 1 aromatic carbocycles. The van der Waals surface area contributed by atoms with Crippen LogP contribution in [-0.2, 0) is 12.7 Å². The lowest BCUT2D eigenvalue weighted by Crippen LogP contribution is -2.07. The van der Waals surface area contributed by atoms with Crippen molar-refractivity contribution >= 4 is 16.6 Å². The predicted octanol–water partition coefficient (Wildman–Crippen LogP) is 3.92. The Labute approximate surface area is 134 Å². The fraction of sp³-hybridized carbons (Fsp3) is 0.188. The third-order valence-corrected chi connectivity index (χ3v) is 3.80. The molecule has 0 saturated carbocycles. The zero-order valence-corrected chi connectivity index (χ0v) is 12.3. The molecule has 4 rings (SSSR count). The second-order valence-corrected chi connectivity index (χ2v) is 5.33. The Balaban J connectivity index is 1.63. The van der Waals surface area contributed by atoms with Gasteiger partial charge in [0.2, 0.25) is 6.79 Å². The number of alkyl halides is 3. The van der Waals surface area contributed by atoms with Crippen LogP contribution in [0.1, 0.15) is 11.1 Å². The molecular formula is C16H12F3N3O2. The number of aromatic nitrogens is 2. The van der Waals surface area contributed by atoms with Gasteiger partial charge in [-0.15, -0.1) is 0 Å². The van der Waals surface area contributed by atoms with Crippen molar-refractivity contribution < 1.29 is 22.6 Å². The van der Waals surface area contributed by atoms with E-state index in [4.69, 9.17) is 9.47 Å². The van der Waals surface area contributed by atoms with E-state index in [1.807, 2.05) is 0 Å². The van der Waals surface area contributed by atoms with E-state index in [2.05, 4.69) is 15.3 Å².